The fourth-order valence-corrected chi connectivity index (χ4v) is 2.26. The molecule has 0 radical (unpaired) electrons. The van der Waals surface area contributed by atoms with Crippen molar-refractivity contribution in [1.29, 1.82) is 0 Å². The summed E-state index contributed by atoms with van der Waals surface area (Å²) in [5.74, 6) is 0. The molecule has 0 N–H and O–H groups in total. The number of hydrogen-bond donors (Lipinski definition) is 0. The van der Waals surface area contributed by atoms with Gasteiger partial charge in [0.1, 0.15) is 0 Å². The van der Waals surface area contributed by atoms with Crippen LogP contribution < -0.4 is 0 Å². The number of hydrogen-bond acceptors (Lipinski definition) is 1. The minimum absolute atomic E-state index is 0.931. The van der Waals surface area contributed by atoms with E-state index in [1.54, 1.807) is 0 Å². The highest BCUT2D eigenvalue weighted by atomic mass is 15.2. The second-order valence-corrected chi connectivity index (χ2v) is 3.69. The van der Waals surface area contributed by atoms with Gasteiger partial charge in [-0.15, -0.1) is 0 Å². The highest BCUT2D eigenvalue weighted by Gasteiger charge is 2.21. The van der Waals surface area contributed by atoms with Crippen LogP contribution >= 0.6 is 0 Å². The van der Waals surface area contributed by atoms with E-state index >= 15 is 0 Å². The second-order valence-electron chi connectivity index (χ2n) is 3.69. The fourth-order valence-electron chi connectivity index (χ4n) is 2.26. The van der Waals surface area contributed by atoms with Crippen molar-refractivity contribution in [2.75, 3.05) is 13.1 Å². The monoisotopic (exact) mass is 151 g/mol. The molecule has 11 heavy (non-hydrogen) atoms. The van der Waals surface area contributed by atoms with Crippen molar-refractivity contribution in [2.45, 2.75) is 38.1 Å². The maximum Gasteiger partial charge on any atom is 0.0166 e. The molecule has 0 aromatic heterocycles. The van der Waals surface area contributed by atoms with Crippen molar-refractivity contribution >= 4 is 0 Å². The molecule has 1 saturated carbocycles. The molecule has 1 aliphatic carbocycles. The van der Waals surface area contributed by atoms with Crippen LogP contribution in [0.5, 0.6) is 0 Å². The average molecular weight is 151 g/mol. The van der Waals surface area contributed by atoms with Crippen LogP contribution in [-0.2, 0) is 0 Å². The Labute approximate surface area is 69.1 Å². The molecule has 0 amide bonds. The summed E-state index contributed by atoms with van der Waals surface area (Å²) in [5, 5.41) is 0. The number of nitrogens with zero attached hydrogens (tertiary/aromatic N) is 1. The number of rotatable bonds is 1. The summed E-state index contributed by atoms with van der Waals surface area (Å²) in [6.07, 6.45) is 11.7. The summed E-state index contributed by atoms with van der Waals surface area (Å²) < 4.78 is 0. The smallest absolute Gasteiger partial charge is 0.0166 e. The molecule has 1 fully saturated rings. The van der Waals surface area contributed by atoms with E-state index in [1.807, 2.05) is 0 Å². The van der Waals surface area contributed by atoms with E-state index in [0.29, 0.717) is 0 Å². The third-order valence-corrected chi connectivity index (χ3v) is 2.93. The van der Waals surface area contributed by atoms with Crippen molar-refractivity contribution in [1.82, 2.24) is 4.90 Å². The average Bonchev–Trinajstić information content (AvgIpc) is 2.58. The van der Waals surface area contributed by atoms with Gasteiger partial charge in [0.15, 0.2) is 0 Å². The van der Waals surface area contributed by atoms with Gasteiger partial charge in [-0.1, -0.05) is 25.0 Å². The lowest BCUT2D eigenvalue weighted by Gasteiger charge is -2.29. The second kappa shape index (κ2) is 3.40. The van der Waals surface area contributed by atoms with Gasteiger partial charge in [0, 0.05) is 19.1 Å². The Morgan fingerprint density at radius 3 is 2.55 bits per heavy atom. The molecule has 1 nitrogen and oxygen atoms in total. The first-order valence-corrected chi connectivity index (χ1v) is 4.86. The Bertz CT molecular complexity index is 145. The third kappa shape index (κ3) is 1.64. The Morgan fingerprint density at radius 1 is 1.09 bits per heavy atom. The Morgan fingerprint density at radius 2 is 1.91 bits per heavy atom. The standard InChI is InChI=1S/C10H17N/c1-4-8-11(9-5-1)10-6-2-3-7-10/h1,4,10H,2-3,5-9H2. The molecule has 0 bridgehead atoms. The van der Waals surface area contributed by atoms with Crippen LogP contribution in [0.2, 0.25) is 0 Å². The van der Waals surface area contributed by atoms with E-state index < -0.39 is 0 Å². The molecule has 0 spiro atoms. The first-order valence-electron chi connectivity index (χ1n) is 4.86. The van der Waals surface area contributed by atoms with Crippen molar-refractivity contribution in [2.24, 2.45) is 0 Å². The lowest BCUT2D eigenvalue weighted by molar-refractivity contribution is 0.217. The third-order valence-electron chi connectivity index (χ3n) is 2.93. The molecule has 0 unspecified atom stereocenters. The van der Waals surface area contributed by atoms with E-state index in [4.69, 9.17) is 0 Å². The summed E-state index contributed by atoms with van der Waals surface area (Å²) in [6, 6.07) is 0.931. The normalized spacial score (nSPS) is 28.0. The van der Waals surface area contributed by atoms with Crippen molar-refractivity contribution < 1.29 is 0 Å². The molecule has 1 aliphatic heterocycles. The van der Waals surface area contributed by atoms with Crippen molar-refractivity contribution in [3.8, 4) is 0 Å². The van der Waals surface area contributed by atoms with Gasteiger partial charge in [0.05, 0.1) is 0 Å². The molecule has 1 heteroatoms. The molecule has 0 aromatic carbocycles. The minimum atomic E-state index is 0.931. The van der Waals surface area contributed by atoms with E-state index in [0.717, 1.165) is 6.04 Å². The molecule has 0 atom stereocenters. The van der Waals surface area contributed by atoms with E-state index in [2.05, 4.69) is 17.1 Å². The van der Waals surface area contributed by atoms with Gasteiger partial charge in [0.25, 0.3) is 0 Å². The fraction of sp³-hybridized carbons (Fsp3) is 0.800. The van der Waals surface area contributed by atoms with Gasteiger partial charge >= 0.3 is 0 Å². The predicted molar refractivity (Wildman–Crippen MR) is 47.6 cm³/mol. The molecule has 1 heterocycles. The first kappa shape index (κ1) is 7.35. The summed E-state index contributed by atoms with van der Waals surface area (Å²) in [4.78, 5) is 2.65. The summed E-state index contributed by atoms with van der Waals surface area (Å²) >= 11 is 0. The van der Waals surface area contributed by atoms with Crippen molar-refractivity contribution in [3.63, 3.8) is 0 Å². The quantitative estimate of drug-likeness (QED) is 0.519. The van der Waals surface area contributed by atoms with Crippen LogP contribution in [0.15, 0.2) is 12.2 Å². The maximum atomic E-state index is 2.65. The minimum Gasteiger partial charge on any atom is -0.296 e. The van der Waals surface area contributed by atoms with E-state index in [9.17, 15) is 0 Å². The molecule has 2 rings (SSSR count). The zero-order valence-electron chi connectivity index (χ0n) is 7.13. The van der Waals surface area contributed by atoms with Crippen LogP contribution in [0.1, 0.15) is 32.1 Å². The molecule has 62 valence electrons. The highest BCUT2D eigenvalue weighted by molar-refractivity contribution is 4.93. The topological polar surface area (TPSA) is 3.24 Å². The molecule has 0 aromatic rings. The first-order chi connectivity index (χ1) is 5.47. The molecular weight excluding hydrogens is 134 g/mol. The van der Waals surface area contributed by atoms with Gasteiger partial charge in [-0.3, -0.25) is 4.90 Å². The maximum absolute atomic E-state index is 2.65. The van der Waals surface area contributed by atoms with Crippen LogP contribution in [-0.4, -0.2) is 24.0 Å². The van der Waals surface area contributed by atoms with Crippen LogP contribution in [0.4, 0.5) is 0 Å². The largest absolute Gasteiger partial charge is 0.296 e. The van der Waals surface area contributed by atoms with E-state index in [1.165, 1.54) is 45.2 Å². The molecular formula is C10H17N. The van der Waals surface area contributed by atoms with Crippen LogP contribution in [0.25, 0.3) is 0 Å². The SMILES string of the molecule is C1=CCN(C2CCCC2)CC1. The highest BCUT2D eigenvalue weighted by Crippen LogP contribution is 2.24. The van der Waals surface area contributed by atoms with Gasteiger partial charge in [-0.25, -0.2) is 0 Å². The van der Waals surface area contributed by atoms with Crippen molar-refractivity contribution in [3.05, 3.63) is 12.2 Å². The molecule has 2 aliphatic rings. The van der Waals surface area contributed by atoms with Crippen LogP contribution in [0.3, 0.4) is 0 Å². The predicted octanol–water partition coefficient (Wildman–Crippen LogP) is 2.19. The zero-order valence-corrected chi connectivity index (χ0v) is 7.13. The Balaban J connectivity index is 1.88. The zero-order chi connectivity index (χ0) is 7.52. The Kier molecular flexibility index (Phi) is 2.27. The lowest BCUT2D eigenvalue weighted by Crippen LogP contribution is -2.35. The van der Waals surface area contributed by atoms with Gasteiger partial charge in [-0.05, 0) is 19.3 Å². The van der Waals surface area contributed by atoms with E-state index in [-0.39, 0.29) is 0 Å². The lowest BCUT2D eigenvalue weighted by atomic mass is 10.1. The summed E-state index contributed by atoms with van der Waals surface area (Å²) in [7, 11) is 0. The Hall–Kier alpha value is -0.300. The van der Waals surface area contributed by atoms with Gasteiger partial charge < -0.3 is 0 Å². The summed E-state index contributed by atoms with van der Waals surface area (Å²) in [5.41, 5.74) is 0. The molecule has 0 saturated heterocycles. The van der Waals surface area contributed by atoms with Gasteiger partial charge in [-0.2, -0.15) is 0 Å². The van der Waals surface area contributed by atoms with Crippen LogP contribution in [0, 0.1) is 0 Å². The summed E-state index contributed by atoms with van der Waals surface area (Å²) in [6.45, 7) is 2.52. The van der Waals surface area contributed by atoms with Gasteiger partial charge in [0.2, 0.25) is 0 Å².